The first kappa shape index (κ1) is 24.5. The zero-order chi connectivity index (χ0) is 19.9. The van der Waals surface area contributed by atoms with Crippen LogP contribution in [-0.2, 0) is 23.5 Å². The van der Waals surface area contributed by atoms with Crippen molar-refractivity contribution in [3.8, 4) is 0 Å². The maximum absolute atomic E-state index is 10.9. The number of aliphatic imine (C=N–C) groups is 1. The van der Waals surface area contributed by atoms with E-state index in [4.69, 9.17) is 9.15 Å². The molecule has 1 atom stereocenters. The van der Waals surface area contributed by atoms with Crippen LogP contribution in [0.5, 0.6) is 0 Å². The number of rotatable bonds is 8. The Morgan fingerprint density at radius 1 is 1.21 bits per heavy atom. The molecule has 156 valence electrons. The zero-order valence-electron chi connectivity index (χ0n) is 17.3. The van der Waals surface area contributed by atoms with Crippen molar-refractivity contribution < 1.29 is 14.3 Å². The van der Waals surface area contributed by atoms with Crippen LogP contribution in [0.1, 0.15) is 42.1 Å². The Balaban J connectivity index is 0.00000392. The third-order valence-corrected chi connectivity index (χ3v) is 4.39. The summed E-state index contributed by atoms with van der Waals surface area (Å²) in [5.74, 6) is 2.18. The molecule has 0 spiro atoms. The summed E-state index contributed by atoms with van der Waals surface area (Å²) in [6, 6.07) is 9.97. The van der Waals surface area contributed by atoms with Gasteiger partial charge in [0.25, 0.3) is 0 Å². The molecule has 0 aliphatic rings. The summed E-state index contributed by atoms with van der Waals surface area (Å²) in [5.41, 5.74) is 1.96. The fraction of sp³-hybridized carbons (Fsp3) is 0.476. The number of ether oxygens (including phenoxy) is 1. The molecule has 0 aliphatic heterocycles. The van der Waals surface area contributed by atoms with E-state index in [9.17, 15) is 5.11 Å². The molecule has 0 fully saturated rings. The average molecular weight is 501 g/mol. The molecular formula is C21H32IN3O3. The molecule has 6 nitrogen and oxygen atoms in total. The first-order valence-corrected chi connectivity index (χ1v) is 9.25. The maximum atomic E-state index is 10.9. The summed E-state index contributed by atoms with van der Waals surface area (Å²) in [6.07, 6.45) is 0. The van der Waals surface area contributed by atoms with E-state index in [0.717, 1.165) is 34.8 Å². The Labute approximate surface area is 184 Å². The number of methoxy groups -OCH3 is 1. The Kier molecular flexibility index (Phi) is 9.98. The van der Waals surface area contributed by atoms with Crippen molar-refractivity contribution >= 4 is 29.9 Å². The summed E-state index contributed by atoms with van der Waals surface area (Å²) in [4.78, 5) is 4.66. The number of halogens is 1. The predicted molar refractivity (Wildman–Crippen MR) is 123 cm³/mol. The summed E-state index contributed by atoms with van der Waals surface area (Å²) in [5, 5.41) is 17.3. The highest BCUT2D eigenvalue weighted by molar-refractivity contribution is 14.0. The molecule has 0 radical (unpaired) electrons. The van der Waals surface area contributed by atoms with E-state index in [2.05, 4.69) is 21.7 Å². The van der Waals surface area contributed by atoms with Crippen molar-refractivity contribution in [2.45, 2.75) is 46.4 Å². The Morgan fingerprint density at radius 2 is 1.89 bits per heavy atom. The number of hydrogen-bond donors (Lipinski definition) is 3. The molecular weight excluding hydrogens is 469 g/mol. The Hall–Kier alpha value is -1.58. The highest BCUT2D eigenvalue weighted by Crippen LogP contribution is 2.26. The lowest BCUT2D eigenvalue weighted by atomic mass is 9.96. The second-order valence-electron chi connectivity index (χ2n) is 6.85. The molecule has 3 N–H and O–H groups in total. The Morgan fingerprint density at radius 3 is 2.46 bits per heavy atom. The minimum absolute atomic E-state index is 0. The number of guanidine groups is 1. The molecule has 1 aromatic heterocycles. The van der Waals surface area contributed by atoms with Crippen molar-refractivity contribution in [3.63, 3.8) is 0 Å². The Bertz CT molecular complexity index is 772. The molecule has 7 heteroatoms. The standard InChI is InChI=1S/C21H31N3O3.HI/c1-6-22-20(23-12-17-9-7-8-10-18(17)13-26-5)24-14-21(4,25)19-11-15(2)27-16(19)3;/h7-11,25H,6,12-14H2,1-5H3,(H2,22,23,24);1H. The van der Waals surface area contributed by atoms with Gasteiger partial charge in [0.05, 0.1) is 19.7 Å². The number of aliphatic hydroxyl groups is 1. The quantitative estimate of drug-likeness (QED) is 0.293. The molecule has 28 heavy (non-hydrogen) atoms. The fourth-order valence-corrected chi connectivity index (χ4v) is 3.03. The molecule has 2 aromatic rings. The molecule has 0 saturated heterocycles. The highest BCUT2D eigenvalue weighted by atomic mass is 127. The third kappa shape index (κ3) is 6.79. The summed E-state index contributed by atoms with van der Waals surface area (Å²) < 4.78 is 10.8. The van der Waals surface area contributed by atoms with Gasteiger partial charge in [-0.2, -0.15) is 0 Å². The summed E-state index contributed by atoms with van der Waals surface area (Å²) in [6.45, 7) is 9.67. The van der Waals surface area contributed by atoms with Crippen LogP contribution >= 0.6 is 24.0 Å². The minimum atomic E-state index is -1.06. The van der Waals surface area contributed by atoms with Crippen molar-refractivity contribution in [2.75, 3.05) is 20.2 Å². The van der Waals surface area contributed by atoms with Crippen LogP contribution in [0.2, 0.25) is 0 Å². The van der Waals surface area contributed by atoms with Crippen LogP contribution in [0, 0.1) is 13.8 Å². The van der Waals surface area contributed by atoms with E-state index in [0.29, 0.717) is 25.7 Å². The van der Waals surface area contributed by atoms with Crippen LogP contribution in [0.4, 0.5) is 0 Å². The van der Waals surface area contributed by atoms with E-state index >= 15 is 0 Å². The number of furan rings is 1. The number of benzene rings is 1. The van der Waals surface area contributed by atoms with Gasteiger partial charge in [-0.25, -0.2) is 4.99 Å². The van der Waals surface area contributed by atoms with Gasteiger partial charge >= 0.3 is 0 Å². The second kappa shape index (κ2) is 11.4. The smallest absolute Gasteiger partial charge is 0.191 e. The summed E-state index contributed by atoms with van der Waals surface area (Å²) in [7, 11) is 1.69. The van der Waals surface area contributed by atoms with Gasteiger partial charge in [0.2, 0.25) is 0 Å². The van der Waals surface area contributed by atoms with Gasteiger partial charge in [-0.15, -0.1) is 24.0 Å². The van der Waals surface area contributed by atoms with E-state index in [1.54, 1.807) is 14.0 Å². The minimum Gasteiger partial charge on any atom is -0.466 e. The first-order chi connectivity index (χ1) is 12.9. The molecule has 0 saturated carbocycles. The van der Waals surface area contributed by atoms with Gasteiger partial charge in [0.15, 0.2) is 5.96 Å². The lowest BCUT2D eigenvalue weighted by molar-refractivity contribution is 0.0601. The van der Waals surface area contributed by atoms with Crippen molar-refractivity contribution in [3.05, 3.63) is 58.5 Å². The van der Waals surface area contributed by atoms with Gasteiger partial charge < -0.3 is 24.9 Å². The first-order valence-electron chi connectivity index (χ1n) is 9.25. The van der Waals surface area contributed by atoms with Crippen LogP contribution < -0.4 is 10.6 Å². The average Bonchev–Trinajstić information content (AvgIpc) is 2.98. The fourth-order valence-electron chi connectivity index (χ4n) is 3.03. The normalized spacial score (nSPS) is 13.6. The van der Waals surface area contributed by atoms with Crippen molar-refractivity contribution in [1.29, 1.82) is 0 Å². The van der Waals surface area contributed by atoms with Gasteiger partial charge in [0.1, 0.15) is 17.1 Å². The highest BCUT2D eigenvalue weighted by Gasteiger charge is 2.27. The van der Waals surface area contributed by atoms with Crippen LogP contribution in [0.25, 0.3) is 0 Å². The SMILES string of the molecule is CCNC(=NCc1ccccc1COC)NCC(C)(O)c1cc(C)oc1C.I. The van der Waals surface area contributed by atoms with Crippen LogP contribution in [0.3, 0.4) is 0 Å². The van der Waals surface area contributed by atoms with E-state index in [1.807, 2.05) is 45.0 Å². The number of nitrogens with zero attached hydrogens (tertiary/aromatic N) is 1. The molecule has 2 rings (SSSR count). The van der Waals surface area contributed by atoms with Gasteiger partial charge in [-0.1, -0.05) is 24.3 Å². The number of hydrogen-bond acceptors (Lipinski definition) is 4. The van der Waals surface area contributed by atoms with Crippen molar-refractivity contribution in [2.24, 2.45) is 4.99 Å². The molecule has 0 bridgehead atoms. The monoisotopic (exact) mass is 501 g/mol. The molecule has 0 amide bonds. The maximum Gasteiger partial charge on any atom is 0.191 e. The largest absolute Gasteiger partial charge is 0.466 e. The van der Waals surface area contributed by atoms with Crippen LogP contribution in [-0.4, -0.2) is 31.3 Å². The van der Waals surface area contributed by atoms with Crippen LogP contribution in [0.15, 0.2) is 39.7 Å². The molecule has 0 aliphatic carbocycles. The number of aryl methyl sites for hydroxylation is 2. The molecule has 1 heterocycles. The topological polar surface area (TPSA) is 79.0 Å². The van der Waals surface area contributed by atoms with E-state index in [-0.39, 0.29) is 24.0 Å². The lowest BCUT2D eigenvalue weighted by Gasteiger charge is -2.24. The molecule has 1 aromatic carbocycles. The van der Waals surface area contributed by atoms with Gasteiger partial charge in [-0.05, 0) is 44.9 Å². The second-order valence-corrected chi connectivity index (χ2v) is 6.85. The zero-order valence-corrected chi connectivity index (χ0v) is 19.7. The summed E-state index contributed by atoms with van der Waals surface area (Å²) >= 11 is 0. The predicted octanol–water partition coefficient (Wildman–Crippen LogP) is 3.62. The third-order valence-electron chi connectivity index (χ3n) is 4.39. The number of nitrogens with one attached hydrogen (secondary N) is 2. The van der Waals surface area contributed by atoms with Crippen molar-refractivity contribution in [1.82, 2.24) is 10.6 Å². The lowest BCUT2D eigenvalue weighted by Crippen LogP contribution is -2.44. The van der Waals surface area contributed by atoms with E-state index in [1.165, 1.54) is 0 Å². The van der Waals surface area contributed by atoms with Gasteiger partial charge in [-0.3, -0.25) is 0 Å². The van der Waals surface area contributed by atoms with Gasteiger partial charge in [0, 0.05) is 19.2 Å². The molecule has 1 unspecified atom stereocenters. The van der Waals surface area contributed by atoms with E-state index < -0.39 is 5.60 Å².